The number of allylic oxidation sites excluding steroid dienone is 6. The van der Waals surface area contributed by atoms with Gasteiger partial charge in [-0.25, -0.2) is 0 Å². The second-order valence-corrected chi connectivity index (χ2v) is 10.5. The number of aliphatic hydroxyl groups excluding tert-OH is 2. The minimum atomic E-state index is -0.755. The SMILES string of the molecule is C=C1/C(=C\C=C2/CCC[C@]3(C)C(C(C)C/C=C/C(C)(C)O)=CCC23)CC(O)C[C@@H]1O. The van der Waals surface area contributed by atoms with Crippen molar-refractivity contribution in [1.82, 2.24) is 0 Å². The molecule has 0 radical (unpaired) electrons. The molecule has 2 saturated carbocycles. The summed E-state index contributed by atoms with van der Waals surface area (Å²) >= 11 is 0. The molecule has 0 aromatic carbocycles. The van der Waals surface area contributed by atoms with Crippen molar-refractivity contribution in [3.8, 4) is 0 Å². The Kier molecular flexibility index (Phi) is 6.96. The van der Waals surface area contributed by atoms with Crippen molar-refractivity contribution in [1.29, 1.82) is 0 Å². The van der Waals surface area contributed by atoms with Gasteiger partial charge in [0.15, 0.2) is 0 Å². The van der Waals surface area contributed by atoms with E-state index in [2.05, 4.69) is 44.7 Å². The van der Waals surface area contributed by atoms with E-state index < -0.39 is 17.8 Å². The first-order valence-corrected chi connectivity index (χ1v) is 11.6. The average Bonchev–Trinajstić information content (AvgIpc) is 3.00. The monoisotopic (exact) mass is 412 g/mol. The van der Waals surface area contributed by atoms with Gasteiger partial charge in [0, 0.05) is 6.42 Å². The number of aliphatic hydroxyl groups is 3. The van der Waals surface area contributed by atoms with Crippen LogP contribution in [-0.4, -0.2) is 33.1 Å². The number of rotatable bonds is 5. The van der Waals surface area contributed by atoms with Gasteiger partial charge in [-0.3, -0.25) is 0 Å². The molecule has 2 fully saturated rings. The van der Waals surface area contributed by atoms with Gasteiger partial charge in [0.05, 0.1) is 17.8 Å². The first-order chi connectivity index (χ1) is 14.0. The molecule has 0 bridgehead atoms. The summed E-state index contributed by atoms with van der Waals surface area (Å²) in [6.45, 7) is 12.4. The van der Waals surface area contributed by atoms with Crippen molar-refractivity contribution in [3.05, 3.63) is 59.3 Å². The second kappa shape index (κ2) is 8.98. The maximum Gasteiger partial charge on any atom is 0.0811 e. The quantitative estimate of drug-likeness (QED) is 0.530. The van der Waals surface area contributed by atoms with Gasteiger partial charge in [-0.2, -0.15) is 0 Å². The fraction of sp³-hybridized carbons (Fsp3) is 0.630. The van der Waals surface area contributed by atoms with Crippen LogP contribution in [0.25, 0.3) is 0 Å². The van der Waals surface area contributed by atoms with Gasteiger partial charge in [-0.1, -0.05) is 62.0 Å². The van der Waals surface area contributed by atoms with Crippen LogP contribution in [0.4, 0.5) is 0 Å². The van der Waals surface area contributed by atoms with Crippen LogP contribution >= 0.6 is 0 Å². The van der Waals surface area contributed by atoms with E-state index in [1.165, 1.54) is 18.4 Å². The van der Waals surface area contributed by atoms with E-state index in [0.717, 1.165) is 30.4 Å². The molecule has 3 aliphatic carbocycles. The molecule has 3 heteroatoms. The van der Waals surface area contributed by atoms with Crippen LogP contribution in [0.1, 0.15) is 72.6 Å². The van der Waals surface area contributed by atoms with Gasteiger partial charge in [0.1, 0.15) is 0 Å². The Hall–Kier alpha value is -1.42. The van der Waals surface area contributed by atoms with Crippen LogP contribution in [0, 0.1) is 17.3 Å². The van der Waals surface area contributed by atoms with Crippen molar-refractivity contribution < 1.29 is 15.3 Å². The lowest BCUT2D eigenvalue weighted by atomic mass is 9.62. The number of fused-ring (bicyclic) bond motifs is 1. The lowest BCUT2D eigenvalue weighted by Gasteiger charge is -2.42. The largest absolute Gasteiger partial charge is 0.393 e. The Morgan fingerprint density at radius 2 is 2.03 bits per heavy atom. The van der Waals surface area contributed by atoms with E-state index in [9.17, 15) is 15.3 Å². The summed E-state index contributed by atoms with van der Waals surface area (Å²) in [5.74, 6) is 1.00. The van der Waals surface area contributed by atoms with Crippen molar-refractivity contribution in [2.75, 3.05) is 0 Å². The maximum absolute atomic E-state index is 10.1. The summed E-state index contributed by atoms with van der Waals surface area (Å²) in [5, 5.41) is 30.1. The van der Waals surface area contributed by atoms with E-state index in [0.29, 0.717) is 24.7 Å². The summed E-state index contributed by atoms with van der Waals surface area (Å²) in [6, 6.07) is 0. The van der Waals surface area contributed by atoms with Gasteiger partial charge in [0.2, 0.25) is 0 Å². The third kappa shape index (κ3) is 5.07. The van der Waals surface area contributed by atoms with Gasteiger partial charge in [0.25, 0.3) is 0 Å². The van der Waals surface area contributed by atoms with E-state index in [-0.39, 0.29) is 5.41 Å². The summed E-state index contributed by atoms with van der Waals surface area (Å²) in [7, 11) is 0. The van der Waals surface area contributed by atoms with Crippen molar-refractivity contribution in [2.45, 2.75) is 90.4 Å². The van der Waals surface area contributed by atoms with Crippen LogP contribution in [0.2, 0.25) is 0 Å². The molecular formula is C27H40O3. The lowest BCUT2D eigenvalue weighted by Crippen LogP contribution is -2.32. The predicted octanol–water partition coefficient (Wildman–Crippen LogP) is 5.40. The van der Waals surface area contributed by atoms with E-state index in [4.69, 9.17) is 0 Å². The third-order valence-electron chi connectivity index (χ3n) is 7.42. The zero-order valence-corrected chi connectivity index (χ0v) is 19.2. The second-order valence-electron chi connectivity index (χ2n) is 10.5. The molecule has 3 N–H and O–H groups in total. The molecule has 0 aromatic rings. The molecule has 0 aromatic heterocycles. The fourth-order valence-corrected chi connectivity index (χ4v) is 5.77. The maximum atomic E-state index is 10.1. The van der Waals surface area contributed by atoms with Crippen LogP contribution in [0.5, 0.6) is 0 Å². The average molecular weight is 413 g/mol. The molecule has 0 heterocycles. The van der Waals surface area contributed by atoms with E-state index >= 15 is 0 Å². The highest BCUT2D eigenvalue weighted by Gasteiger charge is 2.45. The number of hydrogen-bond acceptors (Lipinski definition) is 3. The molecule has 3 nitrogen and oxygen atoms in total. The highest BCUT2D eigenvalue weighted by atomic mass is 16.3. The molecule has 3 rings (SSSR count). The summed E-state index contributed by atoms with van der Waals surface area (Å²) in [5.41, 5.74) is 4.25. The molecular weight excluding hydrogens is 372 g/mol. The molecule has 30 heavy (non-hydrogen) atoms. The minimum Gasteiger partial charge on any atom is -0.393 e. The van der Waals surface area contributed by atoms with Crippen LogP contribution in [0.3, 0.4) is 0 Å². The van der Waals surface area contributed by atoms with Crippen molar-refractivity contribution in [3.63, 3.8) is 0 Å². The molecule has 3 unspecified atom stereocenters. The normalized spacial score (nSPS) is 36.4. The Labute approximate surface area is 182 Å². The molecule has 5 atom stereocenters. The Morgan fingerprint density at radius 1 is 1.30 bits per heavy atom. The predicted molar refractivity (Wildman–Crippen MR) is 124 cm³/mol. The van der Waals surface area contributed by atoms with Crippen LogP contribution < -0.4 is 0 Å². The zero-order valence-electron chi connectivity index (χ0n) is 19.2. The smallest absolute Gasteiger partial charge is 0.0811 e. The summed E-state index contributed by atoms with van der Waals surface area (Å²) in [4.78, 5) is 0. The van der Waals surface area contributed by atoms with Gasteiger partial charge in [-0.15, -0.1) is 0 Å². The molecule has 166 valence electrons. The molecule has 0 spiro atoms. The topological polar surface area (TPSA) is 60.7 Å². The van der Waals surface area contributed by atoms with Crippen molar-refractivity contribution >= 4 is 0 Å². The molecule has 3 aliphatic rings. The zero-order chi connectivity index (χ0) is 22.1. The minimum absolute atomic E-state index is 0.202. The third-order valence-corrected chi connectivity index (χ3v) is 7.42. The first-order valence-electron chi connectivity index (χ1n) is 11.6. The highest BCUT2D eigenvalue weighted by molar-refractivity contribution is 5.40. The van der Waals surface area contributed by atoms with E-state index in [1.54, 1.807) is 5.57 Å². The Bertz CT molecular complexity index is 776. The highest BCUT2D eigenvalue weighted by Crippen LogP contribution is 2.56. The molecule has 0 saturated heterocycles. The van der Waals surface area contributed by atoms with Gasteiger partial charge < -0.3 is 15.3 Å². The van der Waals surface area contributed by atoms with Gasteiger partial charge in [-0.05, 0) is 80.8 Å². The number of hydrogen-bond donors (Lipinski definition) is 3. The van der Waals surface area contributed by atoms with Crippen LogP contribution in [-0.2, 0) is 0 Å². The van der Waals surface area contributed by atoms with E-state index in [1.807, 2.05) is 19.9 Å². The Balaban J connectivity index is 1.75. The van der Waals surface area contributed by atoms with Gasteiger partial charge >= 0.3 is 0 Å². The summed E-state index contributed by atoms with van der Waals surface area (Å²) in [6.07, 6.45) is 16.3. The summed E-state index contributed by atoms with van der Waals surface area (Å²) < 4.78 is 0. The van der Waals surface area contributed by atoms with Crippen molar-refractivity contribution in [2.24, 2.45) is 17.3 Å². The molecule has 0 aliphatic heterocycles. The first kappa shape index (κ1) is 23.2. The lowest BCUT2D eigenvalue weighted by molar-refractivity contribution is 0.0862. The standard InChI is InChI=1S/C27H40O3/c1-18(8-6-14-26(3,4)30)23-12-13-24-20(9-7-15-27(23,24)5)10-11-21-16-22(28)17-25(29)19(21)2/h6,10-12,14,18,22,24-25,28-30H,2,7-9,13,15-17H2,1,3-5H3/b14-6+,20-10+,21-11-/t18?,22?,24?,25-,27+/m0/s1. The molecule has 0 amide bonds. The van der Waals surface area contributed by atoms with Crippen LogP contribution in [0.15, 0.2) is 59.3 Å². The fourth-order valence-electron chi connectivity index (χ4n) is 5.77. The Morgan fingerprint density at radius 3 is 2.73 bits per heavy atom.